The molecule has 0 bridgehead atoms. The molecule has 0 amide bonds. The summed E-state index contributed by atoms with van der Waals surface area (Å²) in [4.78, 5) is 12.8. The Labute approximate surface area is 127 Å². The van der Waals surface area contributed by atoms with Crippen LogP contribution in [-0.2, 0) is 0 Å². The van der Waals surface area contributed by atoms with Crippen molar-refractivity contribution in [1.29, 1.82) is 0 Å². The van der Waals surface area contributed by atoms with Crippen molar-refractivity contribution < 1.29 is 4.79 Å². The van der Waals surface area contributed by atoms with E-state index in [1.807, 2.05) is 72.4 Å². The Morgan fingerprint density at radius 3 is 1.86 bits per heavy atom. The molecule has 0 aromatic heterocycles. The first-order valence-electron chi connectivity index (χ1n) is 7.06. The second-order valence-corrected chi connectivity index (χ2v) is 8.11. The van der Waals surface area contributed by atoms with Gasteiger partial charge in [-0.05, 0) is 0 Å². The molecule has 0 spiro atoms. The largest absolute Gasteiger partial charge is 0.330 e. The first-order chi connectivity index (χ1) is 10.1. The molecule has 2 rings (SSSR count). The van der Waals surface area contributed by atoms with Crippen molar-refractivity contribution in [1.82, 2.24) is 4.67 Å². The van der Waals surface area contributed by atoms with E-state index in [0.29, 0.717) is 11.3 Å². The highest BCUT2D eigenvalue weighted by atomic mass is 28.3. The predicted molar refractivity (Wildman–Crippen MR) is 90.4 cm³/mol. The zero-order chi connectivity index (χ0) is 15.2. The standard InChI is InChI=1S/C17H20N2OSi/c1-19(21(2)3)18-16(14-10-6-4-7-11-14)17(20)15-12-8-5-9-13-15/h4-13,21H,1-3H3. The van der Waals surface area contributed by atoms with Crippen LogP contribution in [-0.4, -0.2) is 32.2 Å². The number of hydrogen-bond acceptors (Lipinski definition) is 3. The minimum Gasteiger partial charge on any atom is -0.330 e. The summed E-state index contributed by atoms with van der Waals surface area (Å²) in [5.41, 5.74) is 2.03. The summed E-state index contributed by atoms with van der Waals surface area (Å²) < 4.78 is 1.95. The smallest absolute Gasteiger partial charge is 0.213 e. The molecule has 2 aromatic rings. The third kappa shape index (κ3) is 3.89. The third-order valence-electron chi connectivity index (χ3n) is 3.30. The Balaban J connectivity index is 2.44. The maximum atomic E-state index is 12.8. The Bertz CT molecular complexity index is 624. The van der Waals surface area contributed by atoms with Crippen molar-refractivity contribution in [3.63, 3.8) is 0 Å². The lowest BCUT2D eigenvalue weighted by atomic mass is 10.0. The van der Waals surface area contributed by atoms with E-state index in [-0.39, 0.29) is 5.78 Å². The summed E-state index contributed by atoms with van der Waals surface area (Å²) >= 11 is 0. The lowest BCUT2D eigenvalue weighted by molar-refractivity contribution is 0.106. The quantitative estimate of drug-likeness (QED) is 0.367. The van der Waals surface area contributed by atoms with Gasteiger partial charge in [0.05, 0.1) is 0 Å². The molecule has 0 N–H and O–H groups in total. The van der Waals surface area contributed by atoms with Gasteiger partial charge in [0.1, 0.15) is 5.71 Å². The fourth-order valence-corrected chi connectivity index (χ4v) is 2.18. The predicted octanol–water partition coefficient (Wildman–Crippen LogP) is 3.19. The second kappa shape index (κ2) is 6.99. The topological polar surface area (TPSA) is 32.7 Å². The molecule has 0 aliphatic carbocycles. The zero-order valence-electron chi connectivity index (χ0n) is 12.7. The lowest BCUT2D eigenvalue weighted by Crippen LogP contribution is -2.29. The summed E-state index contributed by atoms with van der Waals surface area (Å²) in [6, 6.07) is 18.9. The number of Topliss-reactive ketones (excluding diaryl/α,β-unsaturated/α-hetero) is 1. The molecule has 0 aliphatic rings. The Hall–Kier alpha value is -2.20. The average Bonchev–Trinajstić information content (AvgIpc) is 2.53. The molecule has 4 heteroatoms. The van der Waals surface area contributed by atoms with Gasteiger partial charge in [-0.1, -0.05) is 73.8 Å². The number of carbonyl (C=O) groups excluding carboxylic acids is 1. The van der Waals surface area contributed by atoms with Crippen LogP contribution in [0, 0.1) is 0 Å². The highest BCUT2D eigenvalue weighted by Gasteiger charge is 2.17. The van der Waals surface area contributed by atoms with Gasteiger partial charge in [0, 0.05) is 18.2 Å². The average molecular weight is 296 g/mol. The van der Waals surface area contributed by atoms with E-state index in [1.54, 1.807) is 0 Å². The number of hydrogen-bond donors (Lipinski definition) is 0. The van der Waals surface area contributed by atoms with E-state index in [9.17, 15) is 4.79 Å². The van der Waals surface area contributed by atoms with Gasteiger partial charge in [-0.25, -0.2) is 0 Å². The number of nitrogens with zero attached hydrogens (tertiary/aromatic N) is 2. The third-order valence-corrected chi connectivity index (χ3v) is 4.91. The van der Waals surface area contributed by atoms with Crippen molar-refractivity contribution in [3.05, 3.63) is 71.8 Å². The van der Waals surface area contributed by atoms with Crippen molar-refractivity contribution in [2.24, 2.45) is 5.10 Å². The van der Waals surface area contributed by atoms with Gasteiger partial charge in [-0.15, -0.1) is 0 Å². The van der Waals surface area contributed by atoms with Crippen LogP contribution in [0.4, 0.5) is 0 Å². The number of carbonyl (C=O) groups is 1. The molecule has 0 aliphatic heterocycles. The SMILES string of the molecule is CN(N=C(C(=O)c1ccccc1)c1ccccc1)[SiH](C)C. The molecule has 0 saturated carbocycles. The molecule has 0 atom stereocenters. The number of benzene rings is 2. The maximum absolute atomic E-state index is 12.8. The summed E-state index contributed by atoms with van der Waals surface area (Å²) in [5.74, 6) is -0.0386. The molecule has 2 aromatic carbocycles. The van der Waals surface area contributed by atoms with Crippen molar-refractivity contribution >= 4 is 20.5 Å². The van der Waals surface area contributed by atoms with E-state index in [4.69, 9.17) is 0 Å². The highest BCUT2D eigenvalue weighted by Crippen LogP contribution is 2.10. The summed E-state index contributed by atoms with van der Waals surface area (Å²) in [7, 11) is 0.857. The van der Waals surface area contributed by atoms with E-state index >= 15 is 0 Å². The van der Waals surface area contributed by atoms with Crippen LogP contribution in [0.25, 0.3) is 0 Å². The Morgan fingerprint density at radius 2 is 1.38 bits per heavy atom. The summed E-state index contributed by atoms with van der Waals surface area (Å²) in [6.07, 6.45) is 0. The Kier molecular flexibility index (Phi) is 5.06. The highest BCUT2D eigenvalue weighted by molar-refractivity contribution is 6.54. The number of ketones is 1. The van der Waals surface area contributed by atoms with Gasteiger partial charge in [-0.2, -0.15) is 5.10 Å². The van der Waals surface area contributed by atoms with Gasteiger partial charge < -0.3 is 4.67 Å². The van der Waals surface area contributed by atoms with Crippen molar-refractivity contribution in [2.45, 2.75) is 13.1 Å². The van der Waals surface area contributed by atoms with E-state index in [2.05, 4.69) is 18.2 Å². The van der Waals surface area contributed by atoms with Gasteiger partial charge in [0.15, 0.2) is 8.96 Å². The molecule has 108 valence electrons. The van der Waals surface area contributed by atoms with Crippen LogP contribution in [0.3, 0.4) is 0 Å². The number of rotatable bonds is 5. The molecule has 3 nitrogen and oxygen atoms in total. The van der Waals surface area contributed by atoms with E-state index in [0.717, 1.165) is 5.56 Å². The van der Waals surface area contributed by atoms with Gasteiger partial charge >= 0.3 is 0 Å². The van der Waals surface area contributed by atoms with Crippen LogP contribution >= 0.6 is 0 Å². The Morgan fingerprint density at radius 1 is 0.905 bits per heavy atom. The molecule has 0 heterocycles. The zero-order valence-corrected chi connectivity index (χ0v) is 13.8. The fourth-order valence-electron chi connectivity index (χ4n) is 1.83. The van der Waals surface area contributed by atoms with Gasteiger partial charge in [-0.3, -0.25) is 4.79 Å². The van der Waals surface area contributed by atoms with E-state index in [1.165, 1.54) is 0 Å². The van der Waals surface area contributed by atoms with Crippen LogP contribution < -0.4 is 0 Å². The molecule has 0 fully saturated rings. The molecule has 0 saturated heterocycles. The second-order valence-electron chi connectivity index (χ2n) is 5.18. The maximum Gasteiger partial charge on any atom is 0.213 e. The van der Waals surface area contributed by atoms with Crippen molar-refractivity contribution in [3.8, 4) is 0 Å². The molecule has 0 unspecified atom stereocenters. The normalized spacial score (nSPS) is 11.5. The van der Waals surface area contributed by atoms with Crippen molar-refractivity contribution in [2.75, 3.05) is 7.05 Å². The molecule has 21 heavy (non-hydrogen) atoms. The summed E-state index contributed by atoms with van der Waals surface area (Å²) in [6.45, 7) is 4.36. The van der Waals surface area contributed by atoms with Crippen LogP contribution in [0.2, 0.25) is 13.1 Å². The first kappa shape index (κ1) is 15.2. The van der Waals surface area contributed by atoms with Crippen LogP contribution in [0.5, 0.6) is 0 Å². The minimum atomic E-state index is -1.09. The summed E-state index contributed by atoms with van der Waals surface area (Å²) in [5, 5.41) is 4.58. The number of hydrazone groups is 1. The van der Waals surface area contributed by atoms with Crippen LogP contribution in [0.1, 0.15) is 15.9 Å². The molecular weight excluding hydrogens is 276 g/mol. The molecular formula is C17H20N2OSi. The first-order valence-corrected chi connectivity index (χ1v) is 9.89. The monoisotopic (exact) mass is 296 g/mol. The minimum absolute atomic E-state index is 0.0386. The van der Waals surface area contributed by atoms with Gasteiger partial charge in [0.2, 0.25) is 5.78 Å². The fraction of sp³-hybridized carbons (Fsp3) is 0.176. The van der Waals surface area contributed by atoms with E-state index < -0.39 is 8.96 Å². The molecule has 0 radical (unpaired) electrons. The lowest BCUT2D eigenvalue weighted by Gasteiger charge is -2.18. The van der Waals surface area contributed by atoms with Gasteiger partial charge in [0.25, 0.3) is 0 Å². The van der Waals surface area contributed by atoms with Crippen LogP contribution in [0.15, 0.2) is 65.8 Å².